The number of H-pyrrole nitrogens is 1. The predicted molar refractivity (Wildman–Crippen MR) is 107 cm³/mol. The van der Waals surface area contributed by atoms with Crippen LogP contribution in [-0.2, 0) is 16.3 Å². The average Bonchev–Trinajstić information content (AvgIpc) is 3.32. The van der Waals surface area contributed by atoms with E-state index in [9.17, 15) is 13.2 Å². The summed E-state index contributed by atoms with van der Waals surface area (Å²) in [4.78, 5) is 18.1. The molecule has 0 spiro atoms. The Hall–Kier alpha value is -2.22. The first-order chi connectivity index (χ1) is 13.3. The van der Waals surface area contributed by atoms with Crippen molar-refractivity contribution >= 4 is 26.6 Å². The van der Waals surface area contributed by atoms with Crippen molar-refractivity contribution in [2.24, 2.45) is 0 Å². The summed E-state index contributed by atoms with van der Waals surface area (Å²) in [5.41, 5.74) is 2.26. The van der Waals surface area contributed by atoms with Crippen LogP contribution in [0, 0.1) is 0 Å². The molecule has 2 aliphatic rings. The molecule has 0 aliphatic carbocycles. The van der Waals surface area contributed by atoms with Gasteiger partial charge in [-0.25, -0.2) is 8.42 Å². The fourth-order valence-corrected chi connectivity index (χ4v) is 5.99. The molecule has 152 valence electrons. The second-order valence-electron chi connectivity index (χ2n) is 7.55. The predicted octanol–water partition coefficient (Wildman–Crippen LogP) is 2.54. The molecule has 7 nitrogen and oxygen atoms in total. The first kappa shape index (κ1) is 19.1. The molecule has 0 bridgehead atoms. The molecule has 0 unspecified atom stereocenters. The van der Waals surface area contributed by atoms with Crippen LogP contribution in [0.15, 0.2) is 12.1 Å². The monoisotopic (exact) mass is 406 g/mol. The Morgan fingerprint density at radius 1 is 1.36 bits per heavy atom. The maximum absolute atomic E-state index is 13.2. The van der Waals surface area contributed by atoms with Crippen LogP contribution >= 0.6 is 0 Å². The maximum Gasteiger partial charge on any atom is 0.270 e. The number of sulfone groups is 1. The molecule has 8 heteroatoms. The van der Waals surface area contributed by atoms with Gasteiger partial charge in [0.25, 0.3) is 5.91 Å². The third-order valence-electron chi connectivity index (χ3n) is 5.51. The van der Waals surface area contributed by atoms with E-state index < -0.39 is 9.84 Å². The summed E-state index contributed by atoms with van der Waals surface area (Å²) < 4.78 is 35.5. The van der Waals surface area contributed by atoms with E-state index in [4.69, 9.17) is 9.47 Å². The molecule has 1 aromatic heterocycles. The highest BCUT2D eigenvalue weighted by Crippen LogP contribution is 2.41. The van der Waals surface area contributed by atoms with Gasteiger partial charge in [-0.1, -0.05) is 0 Å². The van der Waals surface area contributed by atoms with E-state index in [-0.39, 0.29) is 29.6 Å². The zero-order valence-electron chi connectivity index (χ0n) is 16.4. The first-order valence-corrected chi connectivity index (χ1v) is 11.6. The van der Waals surface area contributed by atoms with Crippen molar-refractivity contribution in [2.75, 3.05) is 24.7 Å². The third kappa shape index (κ3) is 3.23. The summed E-state index contributed by atoms with van der Waals surface area (Å²) in [6.45, 7) is 6.80. The molecule has 1 fully saturated rings. The van der Waals surface area contributed by atoms with Crippen molar-refractivity contribution < 1.29 is 22.7 Å². The van der Waals surface area contributed by atoms with Crippen LogP contribution in [0.5, 0.6) is 11.5 Å². The molecule has 1 N–H and O–H groups in total. The van der Waals surface area contributed by atoms with Gasteiger partial charge in [-0.2, -0.15) is 0 Å². The number of ether oxygens (including phenoxy) is 2. The summed E-state index contributed by atoms with van der Waals surface area (Å²) in [5.74, 6) is 1.49. The van der Waals surface area contributed by atoms with Gasteiger partial charge in [0.05, 0.1) is 23.6 Å². The van der Waals surface area contributed by atoms with Crippen molar-refractivity contribution in [3.8, 4) is 11.5 Å². The number of carbonyl (C=O) groups excluding carboxylic acids is 1. The van der Waals surface area contributed by atoms with Gasteiger partial charge >= 0.3 is 0 Å². The quantitative estimate of drug-likeness (QED) is 0.824. The molecule has 2 atom stereocenters. The molecule has 1 saturated heterocycles. The highest BCUT2D eigenvalue weighted by Gasteiger charge is 2.35. The van der Waals surface area contributed by atoms with Crippen molar-refractivity contribution in [1.82, 2.24) is 9.88 Å². The molecule has 2 aliphatic heterocycles. The number of nitrogens with zero attached hydrogens (tertiary/aromatic N) is 1. The highest BCUT2D eigenvalue weighted by atomic mass is 32.2. The van der Waals surface area contributed by atoms with Gasteiger partial charge in [-0.15, -0.1) is 0 Å². The van der Waals surface area contributed by atoms with Gasteiger partial charge in [-0.3, -0.25) is 4.79 Å². The molecular weight excluding hydrogens is 380 g/mol. The third-order valence-corrected chi connectivity index (χ3v) is 7.26. The van der Waals surface area contributed by atoms with E-state index in [1.807, 2.05) is 26.8 Å². The normalized spacial score (nSPS) is 22.8. The van der Waals surface area contributed by atoms with Crippen molar-refractivity contribution in [3.05, 3.63) is 23.4 Å². The van der Waals surface area contributed by atoms with Crippen molar-refractivity contribution in [1.29, 1.82) is 0 Å². The lowest BCUT2D eigenvalue weighted by molar-refractivity contribution is 0.0703. The second kappa shape index (κ2) is 6.99. The Bertz CT molecular complexity index is 1030. The topological polar surface area (TPSA) is 88.7 Å². The zero-order valence-corrected chi connectivity index (χ0v) is 17.3. The van der Waals surface area contributed by atoms with E-state index in [0.717, 1.165) is 34.4 Å². The smallest absolute Gasteiger partial charge is 0.270 e. The standard InChI is InChI=1S/C20H26N2O5S/c1-4-22(14-6-7-28(24,25)11-14)20(23)16-10-15-17(26-5-2)9-13-8-12(3)27-19(13)18(15)21-16/h9-10,12,14,21H,4-8,11H2,1-3H3/t12-,14-/m0/s1. The summed E-state index contributed by atoms with van der Waals surface area (Å²) in [7, 11) is -3.06. The van der Waals surface area contributed by atoms with Gasteiger partial charge < -0.3 is 19.4 Å². The Morgan fingerprint density at radius 3 is 2.79 bits per heavy atom. The molecule has 2 aromatic rings. The minimum absolute atomic E-state index is 0.0348. The van der Waals surface area contributed by atoms with Crippen molar-refractivity contribution in [2.45, 2.75) is 45.8 Å². The molecule has 0 radical (unpaired) electrons. The first-order valence-electron chi connectivity index (χ1n) is 9.82. The number of benzene rings is 1. The Balaban J connectivity index is 1.74. The molecule has 0 saturated carbocycles. The molecular formula is C20H26N2O5S. The lowest BCUT2D eigenvalue weighted by atomic mass is 10.1. The summed E-state index contributed by atoms with van der Waals surface area (Å²) in [6, 6.07) is 3.51. The molecule has 28 heavy (non-hydrogen) atoms. The number of aromatic amines is 1. The Morgan fingerprint density at radius 2 is 2.14 bits per heavy atom. The number of amides is 1. The van der Waals surface area contributed by atoms with Crippen LogP contribution in [0.25, 0.3) is 10.9 Å². The summed E-state index contributed by atoms with van der Waals surface area (Å²) >= 11 is 0. The van der Waals surface area contributed by atoms with Gasteiger partial charge in [0, 0.05) is 30.0 Å². The number of nitrogens with one attached hydrogen (secondary N) is 1. The van der Waals surface area contributed by atoms with Crippen LogP contribution in [0.4, 0.5) is 0 Å². The van der Waals surface area contributed by atoms with Crippen molar-refractivity contribution in [3.63, 3.8) is 0 Å². The van der Waals surface area contributed by atoms with E-state index in [0.29, 0.717) is 25.3 Å². The number of hydrogen-bond acceptors (Lipinski definition) is 5. The molecule has 1 amide bonds. The zero-order chi connectivity index (χ0) is 20.1. The van der Waals surface area contributed by atoms with Gasteiger partial charge in [-0.05, 0) is 39.3 Å². The fourth-order valence-electron chi connectivity index (χ4n) is 4.26. The number of fused-ring (bicyclic) bond motifs is 3. The number of rotatable bonds is 5. The fraction of sp³-hybridized carbons (Fsp3) is 0.550. The van der Waals surface area contributed by atoms with Crippen LogP contribution < -0.4 is 9.47 Å². The summed E-state index contributed by atoms with van der Waals surface area (Å²) in [6.07, 6.45) is 1.37. The average molecular weight is 407 g/mol. The van der Waals surface area contributed by atoms with E-state index in [1.165, 1.54) is 0 Å². The number of carbonyl (C=O) groups is 1. The minimum atomic E-state index is -3.06. The van der Waals surface area contributed by atoms with E-state index >= 15 is 0 Å². The lowest BCUT2D eigenvalue weighted by Crippen LogP contribution is -2.41. The molecule has 4 rings (SSSR count). The van der Waals surface area contributed by atoms with Crippen LogP contribution in [0.1, 0.15) is 43.2 Å². The number of aromatic nitrogens is 1. The maximum atomic E-state index is 13.2. The van der Waals surface area contributed by atoms with Crippen LogP contribution in [-0.4, -0.2) is 61.0 Å². The van der Waals surface area contributed by atoms with Gasteiger partial charge in [0.15, 0.2) is 9.84 Å². The van der Waals surface area contributed by atoms with Gasteiger partial charge in [0.1, 0.15) is 23.3 Å². The Labute approximate surface area is 164 Å². The highest BCUT2D eigenvalue weighted by molar-refractivity contribution is 7.91. The largest absolute Gasteiger partial charge is 0.493 e. The second-order valence-corrected chi connectivity index (χ2v) is 9.78. The number of hydrogen-bond donors (Lipinski definition) is 1. The van der Waals surface area contributed by atoms with Crippen LogP contribution in [0.2, 0.25) is 0 Å². The lowest BCUT2D eigenvalue weighted by Gasteiger charge is -2.26. The SMILES string of the molecule is CCOc1cc2c(c3[nH]c(C(=O)N(CC)[C@H]4CCS(=O)(=O)C4)cc13)O[C@@H](C)C2. The van der Waals surface area contributed by atoms with Gasteiger partial charge in [0.2, 0.25) is 0 Å². The molecule has 3 heterocycles. The summed E-state index contributed by atoms with van der Waals surface area (Å²) in [5, 5.41) is 0.813. The Kier molecular flexibility index (Phi) is 4.77. The minimum Gasteiger partial charge on any atom is -0.493 e. The molecule has 1 aromatic carbocycles. The van der Waals surface area contributed by atoms with E-state index in [1.54, 1.807) is 11.0 Å². The van der Waals surface area contributed by atoms with Crippen LogP contribution in [0.3, 0.4) is 0 Å². The van der Waals surface area contributed by atoms with E-state index in [2.05, 4.69) is 4.98 Å².